The predicted molar refractivity (Wildman–Crippen MR) is 264 cm³/mol. The maximum absolute atomic E-state index is 2.40. The molecule has 0 N–H and O–H groups in total. The molecule has 0 aliphatic rings. The molecule has 0 aliphatic heterocycles. The lowest BCUT2D eigenvalue weighted by atomic mass is 10.0. The molecule has 0 fully saturated rings. The summed E-state index contributed by atoms with van der Waals surface area (Å²) in [6.07, 6.45) is 0. The molecule has 0 atom stereocenters. The minimum absolute atomic E-state index is 1.10. The fraction of sp³-hybridized carbons (Fsp3) is 0. The standard InChI is InChI=1S/C58H39N3S/c1-3-13-41(14-4-1)57-37-38-58(62-57)42-25-30-47(31-26-42)61-55-22-12-9-19-51(55)52-39-43(27-36-56(52)61)40-23-28-45(29-24-40)59(44-15-5-2-6-16-44)46-32-34-48(35-33-46)60-53-20-10-7-17-49(53)50-18-8-11-21-54(50)60/h1-39H. The second-order valence-corrected chi connectivity index (χ2v) is 16.8. The van der Waals surface area contributed by atoms with Gasteiger partial charge in [0.15, 0.2) is 0 Å². The van der Waals surface area contributed by atoms with Crippen LogP contribution in [0.15, 0.2) is 237 Å². The third kappa shape index (κ3) is 6.11. The van der Waals surface area contributed by atoms with Crippen molar-refractivity contribution in [3.8, 4) is 43.4 Å². The molecule has 62 heavy (non-hydrogen) atoms. The molecule has 3 nitrogen and oxygen atoms in total. The molecular formula is C58H39N3S. The summed E-state index contributed by atoms with van der Waals surface area (Å²) in [4.78, 5) is 4.89. The summed E-state index contributed by atoms with van der Waals surface area (Å²) >= 11 is 1.84. The van der Waals surface area contributed by atoms with Gasteiger partial charge in [-0.25, -0.2) is 0 Å². The largest absolute Gasteiger partial charge is 0.311 e. The number of hydrogen-bond donors (Lipinski definition) is 0. The van der Waals surface area contributed by atoms with Crippen LogP contribution in [0.3, 0.4) is 0 Å². The van der Waals surface area contributed by atoms with E-state index in [2.05, 4.69) is 251 Å². The van der Waals surface area contributed by atoms with Gasteiger partial charge in [0.2, 0.25) is 0 Å². The minimum atomic E-state index is 1.10. The van der Waals surface area contributed by atoms with Gasteiger partial charge in [0.1, 0.15) is 0 Å². The van der Waals surface area contributed by atoms with Crippen LogP contribution in [0.2, 0.25) is 0 Å². The van der Waals surface area contributed by atoms with Crippen molar-refractivity contribution in [2.24, 2.45) is 0 Å². The fourth-order valence-electron chi connectivity index (χ4n) is 9.23. The number of anilines is 3. The third-order valence-corrected chi connectivity index (χ3v) is 13.3. The molecule has 0 radical (unpaired) electrons. The van der Waals surface area contributed by atoms with E-state index in [0.717, 1.165) is 28.4 Å². The van der Waals surface area contributed by atoms with Crippen LogP contribution in [0.4, 0.5) is 17.1 Å². The number of para-hydroxylation sites is 4. The number of benzene rings is 9. The maximum Gasteiger partial charge on any atom is 0.0541 e. The van der Waals surface area contributed by atoms with Crippen molar-refractivity contribution in [2.75, 3.05) is 4.90 Å². The fourth-order valence-corrected chi connectivity index (χ4v) is 10.3. The Balaban J connectivity index is 0.872. The maximum atomic E-state index is 2.40. The van der Waals surface area contributed by atoms with E-state index in [4.69, 9.17) is 0 Å². The van der Waals surface area contributed by atoms with Gasteiger partial charge in [-0.1, -0.05) is 133 Å². The normalized spacial score (nSPS) is 11.5. The molecule has 0 amide bonds. The number of aromatic nitrogens is 2. The Hall–Kier alpha value is -7.92. The van der Waals surface area contributed by atoms with Gasteiger partial charge in [0.25, 0.3) is 0 Å². The van der Waals surface area contributed by atoms with Crippen LogP contribution < -0.4 is 4.90 Å². The molecule has 0 aliphatic carbocycles. The lowest BCUT2D eigenvalue weighted by Crippen LogP contribution is -2.10. The zero-order chi connectivity index (χ0) is 41.0. The molecule has 12 rings (SSSR count). The molecule has 0 unspecified atom stereocenters. The van der Waals surface area contributed by atoms with Crippen molar-refractivity contribution >= 4 is 72.0 Å². The van der Waals surface area contributed by atoms with Crippen molar-refractivity contribution in [2.45, 2.75) is 0 Å². The average Bonchev–Trinajstić information content (AvgIpc) is 4.06. The Bertz CT molecular complexity index is 3490. The van der Waals surface area contributed by atoms with E-state index in [1.807, 2.05) is 11.3 Å². The van der Waals surface area contributed by atoms with Gasteiger partial charge < -0.3 is 14.0 Å². The second kappa shape index (κ2) is 15.0. The summed E-state index contributed by atoms with van der Waals surface area (Å²) in [6.45, 7) is 0. The first-order valence-electron chi connectivity index (χ1n) is 21.1. The van der Waals surface area contributed by atoms with E-state index in [0.29, 0.717) is 0 Å². The summed E-state index contributed by atoms with van der Waals surface area (Å²) in [7, 11) is 0. The second-order valence-electron chi connectivity index (χ2n) is 15.8. The Kier molecular flexibility index (Phi) is 8.68. The van der Waals surface area contributed by atoms with Crippen LogP contribution >= 0.6 is 11.3 Å². The van der Waals surface area contributed by atoms with E-state index in [1.165, 1.54) is 75.6 Å². The first-order chi connectivity index (χ1) is 30.7. The highest BCUT2D eigenvalue weighted by Crippen LogP contribution is 2.40. The van der Waals surface area contributed by atoms with Gasteiger partial charge in [0, 0.05) is 59.7 Å². The number of fused-ring (bicyclic) bond motifs is 6. The van der Waals surface area contributed by atoms with Gasteiger partial charge >= 0.3 is 0 Å². The monoisotopic (exact) mass is 809 g/mol. The summed E-state index contributed by atoms with van der Waals surface area (Å²) in [6, 6.07) is 85.7. The van der Waals surface area contributed by atoms with Gasteiger partial charge in [-0.2, -0.15) is 0 Å². The van der Waals surface area contributed by atoms with Crippen LogP contribution in [0.1, 0.15) is 0 Å². The molecule has 0 saturated heterocycles. The van der Waals surface area contributed by atoms with Crippen LogP contribution in [0.5, 0.6) is 0 Å². The summed E-state index contributed by atoms with van der Waals surface area (Å²) in [5, 5.41) is 5.02. The average molecular weight is 810 g/mol. The van der Waals surface area contributed by atoms with E-state index in [-0.39, 0.29) is 0 Å². The Labute approximate surface area is 364 Å². The highest BCUT2D eigenvalue weighted by Gasteiger charge is 2.17. The molecular weight excluding hydrogens is 771 g/mol. The van der Waals surface area contributed by atoms with Crippen LogP contribution in [0, 0.1) is 0 Å². The number of rotatable bonds is 8. The number of hydrogen-bond acceptors (Lipinski definition) is 2. The van der Waals surface area contributed by atoms with E-state index < -0.39 is 0 Å². The van der Waals surface area contributed by atoms with E-state index in [1.54, 1.807) is 0 Å². The Morgan fingerprint density at radius 3 is 1.23 bits per heavy atom. The van der Waals surface area contributed by atoms with Crippen LogP contribution in [-0.2, 0) is 0 Å². The molecule has 0 saturated carbocycles. The minimum Gasteiger partial charge on any atom is -0.311 e. The predicted octanol–water partition coefficient (Wildman–Crippen LogP) is 16.4. The molecule has 9 aromatic carbocycles. The summed E-state index contributed by atoms with van der Waals surface area (Å²) in [5.74, 6) is 0. The summed E-state index contributed by atoms with van der Waals surface area (Å²) < 4.78 is 4.77. The van der Waals surface area contributed by atoms with Gasteiger partial charge in [-0.3, -0.25) is 0 Å². The van der Waals surface area contributed by atoms with Crippen molar-refractivity contribution in [1.82, 2.24) is 9.13 Å². The van der Waals surface area contributed by atoms with Gasteiger partial charge in [-0.15, -0.1) is 11.3 Å². The van der Waals surface area contributed by atoms with Crippen molar-refractivity contribution in [3.63, 3.8) is 0 Å². The first kappa shape index (κ1) is 36.0. The molecule has 4 heteroatoms. The van der Waals surface area contributed by atoms with Crippen molar-refractivity contribution < 1.29 is 0 Å². The highest BCUT2D eigenvalue weighted by molar-refractivity contribution is 7.18. The first-order valence-corrected chi connectivity index (χ1v) is 21.9. The van der Waals surface area contributed by atoms with Gasteiger partial charge in [0.05, 0.1) is 22.1 Å². The molecule has 0 spiro atoms. The van der Waals surface area contributed by atoms with Gasteiger partial charge in [-0.05, 0) is 125 Å². The van der Waals surface area contributed by atoms with E-state index >= 15 is 0 Å². The molecule has 3 aromatic heterocycles. The third-order valence-electron chi connectivity index (χ3n) is 12.2. The lowest BCUT2D eigenvalue weighted by Gasteiger charge is -2.26. The topological polar surface area (TPSA) is 13.1 Å². The van der Waals surface area contributed by atoms with Crippen molar-refractivity contribution in [1.29, 1.82) is 0 Å². The molecule has 3 heterocycles. The smallest absolute Gasteiger partial charge is 0.0541 e. The molecule has 292 valence electrons. The molecule has 12 aromatic rings. The Morgan fingerprint density at radius 2 is 0.661 bits per heavy atom. The summed E-state index contributed by atoms with van der Waals surface area (Å²) in [5.41, 5.74) is 15.3. The number of nitrogens with zero attached hydrogens (tertiary/aromatic N) is 3. The Morgan fingerprint density at radius 1 is 0.274 bits per heavy atom. The quantitative estimate of drug-likeness (QED) is 0.149. The van der Waals surface area contributed by atoms with Crippen LogP contribution in [0.25, 0.3) is 87.0 Å². The number of thiophene rings is 1. The van der Waals surface area contributed by atoms with Crippen LogP contribution in [-0.4, -0.2) is 9.13 Å². The zero-order valence-electron chi connectivity index (χ0n) is 33.8. The zero-order valence-corrected chi connectivity index (χ0v) is 34.6. The molecule has 0 bridgehead atoms. The highest BCUT2D eigenvalue weighted by atomic mass is 32.1. The lowest BCUT2D eigenvalue weighted by molar-refractivity contribution is 1.17. The van der Waals surface area contributed by atoms with Crippen molar-refractivity contribution in [3.05, 3.63) is 237 Å². The van der Waals surface area contributed by atoms with E-state index in [9.17, 15) is 0 Å². The SMILES string of the molecule is c1ccc(-c2ccc(-c3ccc(-n4c5ccccc5c5cc(-c6ccc(N(c7ccccc7)c7ccc(-n8c9ccccc9c9ccccc98)cc7)cc6)ccc54)cc3)s2)cc1.